The van der Waals surface area contributed by atoms with Crippen LogP contribution in [0.4, 0.5) is 4.39 Å². The quantitative estimate of drug-likeness (QED) is 0.885. The summed E-state index contributed by atoms with van der Waals surface area (Å²) in [7, 11) is 0. The lowest BCUT2D eigenvalue weighted by Gasteiger charge is -2.53. The summed E-state index contributed by atoms with van der Waals surface area (Å²) in [6.07, 6.45) is 2.18. The first-order chi connectivity index (χ1) is 8.05. The Bertz CT molecular complexity index is 415. The third-order valence-corrected chi connectivity index (χ3v) is 4.96. The molecule has 94 valence electrons. The van der Waals surface area contributed by atoms with E-state index < -0.39 is 0 Å². The Morgan fingerprint density at radius 3 is 2.53 bits per heavy atom. The normalized spacial score (nSPS) is 26.6. The van der Waals surface area contributed by atoms with Crippen LogP contribution in [-0.4, -0.2) is 11.2 Å². The van der Waals surface area contributed by atoms with Crippen LogP contribution in [0.25, 0.3) is 0 Å². The highest BCUT2D eigenvalue weighted by molar-refractivity contribution is 9.10. The van der Waals surface area contributed by atoms with Gasteiger partial charge in [0.05, 0.1) is 6.10 Å². The van der Waals surface area contributed by atoms with Gasteiger partial charge in [-0.2, -0.15) is 0 Å². The molecule has 0 aliphatic heterocycles. The number of benzene rings is 1. The number of hydrogen-bond donors (Lipinski definition) is 1. The predicted octanol–water partition coefficient (Wildman–Crippen LogP) is 4.24. The van der Waals surface area contributed by atoms with E-state index in [9.17, 15) is 9.50 Å². The molecule has 0 heterocycles. The summed E-state index contributed by atoms with van der Waals surface area (Å²) in [4.78, 5) is 0. The molecule has 3 heteroatoms. The molecule has 2 atom stereocenters. The summed E-state index contributed by atoms with van der Waals surface area (Å²) in [5, 5.41) is 10.0. The van der Waals surface area contributed by atoms with Gasteiger partial charge in [0.25, 0.3) is 0 Å². The summed E-state index contributed by atoms with van der Waals surface area (Å²) >= 11 is 3.27. The fourth-order valence-electron chi connectivity index (χ4n) is 3.20. The monoisotopic (exact) mass is 300 g/mol. The van der Waals surface area contributed by atoms with Crippen LogP contribution < -0.4 is 0 Å². The van der Waals surface area contributed by atoms with Crippen molar-refractivity contribution in [2.75, 3.05) is 0 Å². The number of rotatable bonds is 3. The molecule has 1 N–H and O–H groups in total. The first-order valence-electron chi connectivity index (χ1n) is 6.18. The lowest BCUT2D eigenvalue weighted by Crippen LogP contribution is -2.51. The highest BCUT2D eigenvalue weighted by Crippen LogP contribution is 2.57. The van der Waals surface area contributed by atoms with Gasteiger partial charge >= 0.3 is 0 Å². The average Bonchev–Trinajstić information content (AvgIpc) is 2.29. The van der Waals surface area contributed by atoms with E-state index in [1.54, 1.807) is 0 Å². The maximum absolute atomic E-state index is 14.0. The third-order valence-electron chi connectivity index (χ3n) is 4.47. The van der Waals surface area contributed by atoms with Gasteiger partial charge < -0.3 is 5.11 Å². The van der Waals surface area contributed by atoms with E-state index in [2.05, 4.69) is 29.8 Å². The molecule has 1 saturated carbocycles. The summed E-state index contributed by atoms with van der Waals surface area (Å²) in [5.41, 5.74) is 0.622. The van der Waals surface area contributed by atoms with Gasteiger partial charge in [-0.25, -0.2) is 4.39 Å². The van der Waals surface area contributed by atoms with Gasteiger partial charge in [-0.05, 0) is 42.9 Å². The van der Waals surface area contributed by atoms with Crippen LogP contribution in [-0.2, 0) is 0 Å². The van der Waals surface area contributed by atoms with Crippen molar-refractivity contribution in [3.05, 3.63) is 34.1 Å². The predicted molar refractivity (Wildman–Crippen MR) is 70.5 cm³/mol. The summed E-state index contributed by atoms with van der Waals surface area (Å²) in [5.74, 6) is -0.0110. The molecule has 2 rings (SSSR count). The number of aliphatic hydroxyl groups excluding tert-OH is 1. The molecule has 1 fully saturated rings. The van der Waals surface area contributed by atoms with Crippen LogP contribution in [0.5, 0.6) is 0 Å². The SMILES string of the molecule is CCC1(CC)C(O)CC1c1ccc(Br)cc1F. The molecule has 0 bridgehead atoms. The van der Waals surface area contributed by atoms with E-state index in [-0.39, 0.29) is 23.3 Å². The summed E-state index contributed by atoms with van der Waals surface area (Å²) in [6, 6.07) is 5.23. The van der Waals surface area contributed by atoms with Crippen molar-refractivity contribution < 1.29 is 9.50 Å². The lowest BCUT2D eigenvalue weighted by atomic mass is 9.53. The Kier molecular flexibility index (Phi) is 3.60. The zero-order valence-corrected chi connectivity index (χ0v) is 11.8. The molecule has 0 aromatic heterocycles. The van der Waals surface area contributed by atoms with Crippen molar-refractivity contribution in [2.45, 2.75) is 45.1 Å². The highest BCUT2D eigenvalue weighted by Gasteiger charge is 2.52. The van der Waals surface area contributed by atoms with Crippen molar-refractivity contribution in [3.8, 4) is 0 Å². The minimum atomic E-state index is -0.287. The molecule has 1 aromatic rings. The van der Waals surface area contributed by atoms with Crippen LogP contribution in [0.2, 0.25) is 0 Å². The number of hydrogen-bond acceptors (Lipinski definition) is 1. The Morgan fingerprint density at radius 1 is 1.41 bits per heavy atom. The summed E-state index contributed by atoms with van der Waals surface area (Å²) < 4.78 is 14.7. The Hall–Kier alpha value is -0.410. The zero-order chi connectivity index (χ0) is 12.6. The second-order valence-electron chi connectivity index (χ2n) is 4.91. The second-order valence-corrected chi connectivity index (χ2v) is 5.83. The largest absolute Gasteiger partial charge is 0.393 e. The molecule has 1 aliphatic carbocycles. The van der Waals surface area contributed by atoms with Gasteiger partial charge in [0.1, 0.15) is 5.82 Å². The van der Waals surface area contributed by atoms with Gasteiger partial charge in [0.15, 0.2) is 0 Å². The standard InChI is InChI=1S/C14H18BrFO/c1-3-14(4-2)11(8-13(14)17)10-6-5-9(15)7-12(10)16/h5-7,11,13,17H,3-4,8H2,1-2H3. The number of halogens is 2. The van der Waals surface area contributed by atoms with Crippen LogP contribution in [0.3, 0.4) is 0 Å². The maximum atomic E-state index is 14.0. The van der Waals surface area contributed by atoms with Crippen LogP contribution in [0.15, 0.2) is 22.7 Å². The van der Waals surface area contributed by atoms with E-state index >= 15 is 0 Å². The van der Waals surface area contributed by atoms with Gasteiger partial charge in [0.2, 0.25) is 0 Å². The number of aliphatic hydroxyl groups is 1. The zero-order valence-electron chi connectivity index (χ0n) is 10.2. The van der Waals surface area contributed by atoms with Crippen LogP contribution >= 0.6 is 15.9 Å². The molecule has 0 saturated heterocycles. The van der Waals surface area contributed by atoms with Crippen molar-refractivity contribution in [3.63, 3.8) is 0 Å². The molecule has 0 spiro atoms. The van der Waals surface area contributed by atoms with Crippen molar-refractivity contribution in [1.29, 1.82) is 0 Å². The van der Waals surface area contributed by atoms with Crippen molar-refractivity contribution in [2.24, 2.45) is 5.41 Å². The Labute approximate surface area is 110 Å². The smallest absolute Gasteiger partial charge is 0.127 e. The lowest BCUT2D eigenvalue weighted by molar-refractivity contribution is -0.0941. The summed E-state index contributed by atoms with van der Waals surface area (Å²) in [6.45, 7) is 4.16. The molecular formula is C14H18BrFO. The van der Waals surface area contributed by atoms with E-state index in [1.165, 1.54) is 6.07 Å². The van der Waals surface area contributed by atoms with E-state index in [0.29, 0.717) is 6.42 Å². The molecule has 1 nitrogen and oxygen atoms in total. The fraction of sp³-hybridized carbons (Fsp3) is 0.571. The molecule has 0 radical (unpaired) electrons. The molecular weight excluding hydrogens is 283 g/mol. The van der Waals surface area contributed by atoms with Gasteiger partial charge in [0, 0.05) is 9.89 Å². The molecule has 1 aliphatic rings. The van der Waals surface area contributed by atoms with Crippen LogP contribution in [0, 0.1) is 11.2 Å². The van der Waals surface area contributed by atoms with E-state index in [0.717, 1.165) is 22.9 Å². The topological polar surface area (TPSA) is 20.2 Å². The Morgan fingerprint density at radius 2 is 2.06 bits per heavy atom. The molecule has 0 amide bonds. The van der Waals surface area contributed by atoms with E-state index in [4.69, 9.17) is 0 Å². The van der Waals surface area contributed by atoms with Gasteiger partial charge in [-0.1, -0.05) is 35.8 Å². The third kappa shape index (κ3) is 1.93. The Balaban J connectivity index is 2.35. The molecule has 17 heavy (non-hydrogen) atoms. The van der Waals surface area contributed by atoms with Crippen molar-refractivity contribution >= 4 is 15.9 Å². The van der Waals surface area contributed by atoms with Gasteiger partial charge in [-0.15, -0.1) is 0 Å². The van der Waals surface area contributed by atoms with Crippen molar-refractivity contribution in [1.82, 2.24) is 0 Å². The molecule has 1 aromatic carbocycles. The average molecular weight is 301 g/mol. The van der Waals surface area contributed by atoms with E-state index in [1.807, 2.05) is 12.1 Å². The maximum Gasteiger partial charge on any atom is 0.127 e. The fourth-order valence-corrected chi connectivity index (χ4v) is 3.53. The second kappa shape index (κ2) is 4.69. The first-order valence-corrected chi connectivity index (χ1v) is 6.97. The molecule has 2 unspecified atom stereocenters. The first kappa shape index (κ1) is 13.0. The van der Waals surface area contributed by atoms with Gasteiger partial charge in [-0.3, -0.25) is 0 Å². The highest BCUT2D eigenvalue weighted by atomic mass is 79.9. The minimum absolute atomic E-state index is 0.130. The minimum Gasteiger partial charge on any atom is -0.393 e. The van der Waals surface area contributed by atoms with Crippen LogP contribution in [0.1, 0.15) is 44.6 Å².